The first-order chi connectivity index (χ1) is 4.77. The lowest BCUT2D eigenvalue weighted by Gasteiger charge is -1.97. The van der Waals surface area contributed by atoms with Crippen LogP contribution in [0.2, 0.25) is 0 Å². The van der Waals surface area contributed by atoms with Crippen molar-refractivity contribution in [3.05, 3.63) is 12.7 Å². The number of hydrogen-bond acceptors (Lipinski definition) is 2. The number of amides is 1. The van der Waals surface area contributed by atoms with E-state index in [9.17, 15) is 4.79 Å². The Balaban J connectivity index is 2.90. The van der Waals surface area contributed by atoms with Gasteiger partial charge in [-0.3, -0.25) is 4.79 Å². The molecule has 0 saturated heterocycles. The minimum atomic E-state index is -0.321. The minimum Gasteiger partial charge on any atom is -0.381 e. The fourth-order valence-electron chi connectivity index (χ4n) is 0.441. The molecule has 0 unspecified atom stereocenters. The summed E-state index contributed by atoms with van der Waals surface area (Å²) in [6.45, 7) is 4.56. The Bertz CT molecular complexity index is 112. The molecular formula is C7H13NO2. The molecule has 0 aliphatic rings. The van der Waals surface area contributed by atoms with Gasteiger partial charge in [0, 0.05) is 6.42 Å². The van der Waals surface area contributed by atoms with Crippen LogP contribution in [-0.2, 0) is 9.53 Å². The van der Waals surface area contributed by atoms with Crippen LogP contribution in [-0.4, -0.2) is 19.1 Å². The number of hydrogen-bond donors (Lipinski definition) is 1. The lowest BCUT2D eigenvalue weighted by molar-refractivity contribution is -0.119. The van der Waals surface area contributed by atoms with E-state index in [1.807, 2.05) is 0 Å². The molecule has 0 aliphatic carbocycles. The first-order valence-corrected chi connectivity index (χ1v) is 3.24. The first-order valence-electron chi connectivity index (χ1n) is 3.24. The lowest BCUT2D eigenvalue weighted by atomic mass is 10.4. The molecule has 0 aromatic heterocycles. The fraction of sp³-hybridized carbons (Fsp3) is 0.571. The van der Waals surface area contributed by atoms with Crippen LogP contribution in [0, 0.1) is 0 Å². The zero-order chi connectivity index (χ0) is 7.82. The number of primary amides is 1. The maximum absolute atomic E-state index is 10.2. The van der Waals surface area contributed by atoms with Gasteiger partial charge in [0.05, 0.1) is 13.2 Å². The molecule has 2 N–H and O–H groups in total. The average Bonchev–Trinajstić information content (AvgIpc) is 1.87. The minimum absolute atomic E-state index is 0.303. The quantitative estimate of drug-likeness (QED) is 0.433. The Labute approximate surface area is 60.9 Å². The van der Waals surface area contributed by atoms with E-state index in [2.05, 4.69) is 6.58 Å². The third-order valence-corrected chi connectivity index (χ3v) is 0.959. The molecule has 0 radical (unpaired) electrons. The molecule has 58 valence electrons. The molecule has 0 fully saturated rings. The summed E-state index contributed by atoms with van der Waals surface area (Å²) in [5.41, 5.74) is 4.87. The summed E-state index contributed by atoms with van der Waals surface area (Å²) >= 11 is 0. The molecule has 0 aromatic carbocycles. The topological polar surface area (TPSA) is 52.3 Å². The normalized spacial score (nSPS) is 9.20. The highest BCUT2D eigenvalue weighted by Gasteiger charge is 1.91. The summed E-state index contributed by atoms with van der Waals surface area (Å²) in [7, 11) is 0. The smallest absolute Gasteiger partial charge is 0.219 e. The van der Waals surface area contributed by atoms with Crippen molar-refractivity contribution in [1.29, 1.82) is 0 Å². The number of rotatable bonds is 6. The third-order valence-electron chi connectivity index (χ3n) is 0.959. The maximum atomic E-state index is 10.2. The molecular weight excluding hydrogens is 130 g/mol. The van der Waals surface area contributed by atoms with Gasteiger partial charge in [-0.05, 0) is 6.42 Å². The molecule has 0 atom stereocenters. The van der Waals surface area contributed by atoms with Crippen molar-refractivity contribution in [2.45, 2.75) is 12.8 Å². The second-order valence-electron chi connectivity index (χ2n) is 1.91. The van der Waals surface area contributed by atoms with Crippen LogP contribution in [0.15, 0.2) is 12.7 Å². The van der Waals surface area contributed by atoms with E-state index in [0.29, 0.717) is 19.6 Å². The monoisotopic (exact) mass is 143 g/mol. The van der Waals surface area contributed by atoms with Gasteiger partial charge in [-0.25, -0.2) is 0 Å². The van der Waals surface area contributed by atoms with Crippen molar-refractivity contribution in [3.63, 3.8) is 0 Å². The van der Waals surface area contributed by atoms with E-state index in [1.54, 1.807) is 6.08 Å². The molecule has 0 heterocycles. The van der Waals surface area contributed by atoms with Gasteiger partial charge in [0.2, 0.25) is 5.91 Å². The molecule has 3 nitrogen and oxygen atoms in total. The van der Waals surface area contributed by atoms with Crippen LogP contribution in [0.3, 0.4) is 0 Å². The van der Waals surface area contributed by atoms with Gasteiger partial charge in [-0.15, -0.1) is 6.58 Å². The molecule has 0 saturated carbocycles. The summed E-state index contributed by atoms with van der Waals surface area (Å²) in [5, 5.41) is 0. The molecule has 0 aromatic rings. The summed E-state index contributed by atoms with van der Waals surface area (Å²) < 4.78 is 5.01. The Morgan fingerprint density at radius 2 is 2.30 bits per heavy atom. The predicted molar refractivity (Wildman–Crippen MR) is 39.4 cm³/mol. The zero-order valence-electron chi connectivity index (χ0n) is 6.01. The lowest BCUT2D eigenvalue weighted by Crippen LogP contribution is -2.13. The summed E-state index contributed by atoms with van der Waals surface area (Å²) in [4.78, 5) is 10.2. The molecule has 0 rings (SSSR count). The predicted octanol–water partition coefficient (Wildman–Crippen LogP) is 0.455. The van der Waals surface area contributed by atoms with Crippen LogP contribution >= 0.6 is 0 Å². The van der Waals surface area contributed by atoms with E-state index < -0.39 is 0 Å². The summed E-state index contributed by atoms with van der Waals surface area (Å²) in [5.74, 6) is -0.321. The highest BCUT2D eigenvalue weighted by molar-refractivity contribution is 5.73. The Morgan fingerprint density at radius 3 is 2.80 bits per heavy atom. The SMILES string of the molecule is C=CCCOCCC(N)=O. The Kier molecular flexibility index (Phi) is 5.77. The average molecular weight is 143 g/mol. The van der Waals surface area contributed by atoms with Crippen molar-refractivity contribution in [3.8, 4) is 0 Å². The second kappa shape index (κ2) is 6.29. The highest BCUT2D eigenvalue weighted by atomic mass is 16.5. The molecule has 1 amide bonds. The molecule has 0 spiro atoms. The van der Waals surface area contributed by atoms with Gasteiger partial charge in [0.25, 0.3) is 0 Å². The van der Waals surface area contributed by atoms with E-state index in [4.69, 9.17) is 10.5 Å². The summed E-state index contributed by atoms with van der Waals surface area (Å²) in [6, 6.07) is 0. The van der Waals surface area contributed by atoms with Gasteiger partial charge in [-0.1, -0.05) is 6.08 Å². The molecule has 0 bridgehead atoms. The Morgan fingerprint density at radius 1 is 1.60 bits per heavy atom. The van der Waals surface area contributed by atoms with Gasteiger partial charge in [-0.2, -0.15) is 0 Å². The summed E-state index contributed by atoms with van der Waals surface area (Å²) in [6.07, 6.45) is 2.89. The standard InChI is InChI=1S/C7H13NO2/c1-2-3-5-10-6-4-7(8)9/h2H,1,3-6H2,(H2,8,9). The van der Waals surface area contributed by atoms with Crippen molar-refractivity contribution < 1.29 is 9.53 Å². The van der Waals surface area contributed by atoms with Crippen molar-refractivity contribution in [1.82, 2.24) is 0 Å². The van der Waals surface area contributed by atoms with Gasteiger partial charge in [0.15, 0.2) is 0 Å². The highest BCUT2D eigenvalue weighted by Crippen LogP contribution is 1.85. The fourth-order valence-corrected chi connectivity index (χ4v) is 0.441. The third kappa shape index (κ3) is 7.17. The van der Waals surface area contributed by atoms with Crippen molar-refractivity contribution >= 4 is 5.91 Å². The number of ether oxygens (including phenoxy) is 1. The number of nitrogens with two attached hydrogens (primary N) is 1. The van der Waals surface area contributed by atoms with E-state index in [1.165, 1.54) is 0 Å². The molecule has 3 heteroatoms. The van der Waals surface area contributed by atoms with E-state index >= 15 is 0 Å². The molecule has 10 heavy (non-hydrogen) atoms. The van der Waals surface area contributed by atoms with Gasteiger partial charge >= 0.3 is 0 Å². The number of carbonyl (C=O) groups is 1. The second-order valence-corrected chi connectivity index (χ2v) is 1.91. The van der Waals surface area contributed by atoms with Crippen LogP contribution in [0.25, 0.3) is 0 Å². The maximum Gasteiger partial charge on any atom is 0.219 e. The molecule has 0 aliphatic heterocycles. The van der Waals surface area contributed by atoms with Crippen LogP contribution in [0.4, 0.5) is 0 Å². The van der Waals surface area contributed by atoms with E-state index in [-0.39, 0.29) is 5.91 Å². The first kappa shape index (κ1) is 9.17. The van der Waals surface area contributed by atoms with Crippen molar-refractivity contribution in [2.75, 3.05) is 13.2 Å². The van der Waals surface area contributed by atoms with Crippen LogP contribution in [0.5, 0.6) is 0 Å². The van der Waals surface area contributed by atoms with Gasteiger partial charge in [0.1, 0.15) is 0 Å². The largest absolute Gasteiger partial charge is 0.381 e. The number of carbonyl (C=O) groups excluding carboxylic acids is 1. The zero-order valence-corrected chi connectivity index (χ0v) is 6.01. The van der Waals surface area contributed by atoms with Gasteiger partial charge < -0.3 is 10.5 Å². The Hall–Kier alpha value is -0.830. The van der Waals surface area contributed by atoms with Crippen LogP contribution < -0.4 is 5.73 Å². The van der Waals surface area contributed by atoms with Crippen LogP contribution in [0.1, 0.15) is 12.8 Å². The van der Waals surface area contributed by atoms with Crippen molar-refractivity contribution in [2.24, 2.45) is 5.73 Å². The van der Waals surface area contributed by atoms with E-state index in [0.717, 1.165) is 6.42 Å².